The fourth-order valence-corrected chi connectivity index (χ4v) is 3.70. The zero-order valence-electron chi connectivity index (χ0n) is 13.2. The molecule has 1 aromatic carbocycles. The quantitative estimate of drug-likeness (QED) is 0.769. The Labute approximate surface area is 123 Å². The van der Waals surface area contributed by atoms with Crippen molar-refractivity contribution in [2.24, 2.45) is 5.92 Å². The highest BCUT2D eigenvalue weighted by Crippen LogP contribution is 2.43. The Bertz CT molecular complexity index is 418. The van der Waals surface area contributed by atoms with Gasteiger partial charge in [0.1, 0.15) is 0 Å². The molecule has 2 heteroatoms. The molecule has 0 spiro atoms. The minimum atomic E-state index is 0.303. The van der Waals surface area contributed by atoms with Gasteiger partial charge in [-0.25, -0.2) is 0 Å². The molecule has 0 aromatic heterocycles. The van der Waals surface area contributed by atoms with Gasteiger partial charge in [0.15, 0.2) is 0 Å². The third-order valence-electron chi connectivity index (χ3n) is 5.10. The van der Waals surface area contributed by atoms with Gasteiger partial charge in [-0.15, -0.1) is 0 Å². The van der Waals surface area contributed by atoms with Gasteiger partial charge in [-0.1, -0.05) is 44.5 Å². The summed E-state index contributed by atoms with van der Waals surface area (Å²) >= 11 is 0. The van der Waals surface area contributed by atoms with Gasteiger partial charge in [-0.3, -0.25) is 0 Å². The van der Waals surface area contributed by atoms with Crippen molar-refractivity contribution in [2.45, 2.75) is 44.9 Å². The first-order chi connectivity index (χ1) is 9.74. The molecule has 0 heterocycles. The van der Waals surface area contributed by atoms with Crippen LogP contribution < -0.4 is 5.32 Å². The van der Waals surface area contributed by atoms with Crippen LogP contribution in [0.4, 0.5) is 0 Å². The lowest BCUT2D eigenvalue weighted by molar-refractivity contribution is 0.184. The van der Waals surface area contributed by atoms with E-state index < -0.39 is 0 Å². The van der Waals surface area contributed by atoms with Crippen molar-refractivity contribution in [3.63, 3.8) is 0 Å². The normalized spacial score (nSPS) is 23.4. The molecular weight excluding hydrogens is 246 g/mol. The van der Waals surface area contributed by atoms with Crippen molar-refractivity contribution in [3.8, 4) is 0 Å². The van der Waals surface area contributed by atoms with Gasteiger partial charge >= 0.3 is 0 Å². The molecule has 1 aromatic rings. The first kappa shape index (κ1) is 15.5. The van der Waals surface area contributed by atoms with Crippen molar-refractivity contribution in [1.29, 1.82) is 0 Å². The van der Waals surface area contributed by atoms with Crippen molar-refractivity contribution >= 4 is 0 Å². The zero-order chi connectivity index (χ0) is 14.4. The molecule has 0 aliphatic heterocycles. The molecule has 1 aliphatic rings. The molecule has 0 saturated carbocycles. The van der Waals surface area contributed by atoms with Gasteiger partial charge in [0.2, 0.25) is 0 Å². The molecule has 2 atom stereocenters. The highest BCUT2D eigenvalue weighted by molar-refractivity contribution is 5.38. The number of aryl methyl sites for hydroxylation is 1. The predicted octanol–water partition coefficient (Wildman–Crippen LogP) is 3.54. The van der Waals surface area contributed by atoms with Crippen molar-refractivity contribution in [3.05, 3.63) is 35.4 Å². The van der Waals surface area contributed by atoms with Crippen LogP contribution >= 0.6 is 0 Å². The van der Waals surface area contributed by atoms with Crippen LogP contribution in [0.15, 0.2) is 24.3 Å². The Morgan fingerprint density at radius 1 is 1.35 bits per heavy atom. The summed E-state index contributed by atoms with van der Waals surface area (Å²) in [7, 11) is 1.77. The number of fused-ring (bicyclic) bond motifs is 1. The number of nitrogens with one attached hydrogen (secondary N) is 1. The van der Waals surface area contributed by atoms with Crippen molar-refractivity contribution < 1.29 is 4.74 Å². The summed E-state index contributed by atoms with van der Waals surface area (Å²) in [5.41, 5.74) is 3.45. The average Bonchev–Trinajstić information content (AvgIpc) is 2.51. The minimum absolute atomic E-state index is 0.303. The topological polar surface area (TPSA) is 21.3 Å². The van der Waals surface area contributed by atoms with E-state index in [0.29, 0.717) is 11.3 Å². The second kappa shape index (κ2) is 7.24. The van der Waals surface area contributed by atoms with E-state index in [-0.39, 0.29) is 0 Å². The maximum Gasteiger partial charge on any atom is 0.0587 e. The Kier molecular flexibility index (Phi) is 5.62. The molecule has 1 aliphatic carbocycles. The second-order valence-electron chi connectivity index (χ2n) is 6.15. The molecule has 2 rings (SSSR count). The van der Waals surface area contributed by atoms with Crippen LogP contribution in [0.2, 0.25) is 0 Å². The number of ether oxygens (including phenoxy) is 1. The van der Waals surface area contributed by atoms with Gasteiger partial charge < -0.3 is 10.1 Å². The van der Waals surface area contributed by atoms with Crippen molar-refractivity contribution in [2.75, 3.05) is 26.8 Å². The van der Waals surface area contributed by atoms with Gasteiger partial charge in [-0.05, 0) is 36.3 Å². The largest absolute Gasteiger partial charge is 0.383 e. The Morgan fingerprint density at radius 3 is 2.90 bits per heavy atom. The number of methoxy groups -OCH3 is 1. The van der Waals surface area contributed by atoms with Crippen LogP contribution in [0.1, 0.15) is 44.2 Å². The van der Waals surface area contributed by atoms with Gasteiger partial charge in [0.05, 0.1) is 6.61 Å². The third kappa shape index (κ3) is 3.07. The molecular formula is C18H29NO. The smallest absolute Gasteiger partial charge is 0.0587 e. The fourth-order valence-electron chi connectivity index (χ4n) is 3.70. The maximum atomic E-state index is 5.16. The summed E-state index contributed by atoms with van der Waals surface area (Å²) in [6, 6.07) is 9.07. The number of rotatable bonds is 7. The van der Waals surface area contributed by atoms with Crippen LogP contribution in [-0.2, 0) is 16.6 Å². The SMILES string of the molecule is CCC(C)C1(CNCCOC)CCCc2ccccc21. The zero-order valence-corrected chi connectivity index (χ0v) is 13.2. The summed E-state index contributed by atoms with van der Waals surface area (Å²) in [5, 5.41) is 3.63. The van der Waals surface area contributed by atoms with Crippen LogP contribution in [0.25, 0.3) is 0 Å². The van der Waals surface area contributed by atoms with Crippen LogP contribution in [0.3, 0.4) is 0 Å². The highest BCUT2D eigenvalue weighted by atomic mass is 16.5. The number of benzene rings is 1. The van der Waals surface area contributed by atoms with Crippen LogP contribution in [-0.4, -0.2) is 26.8 Å². The first-order valence-electron chi connectivity index (χ1n) is 8.02. The molecule has 0 amide bonds. The average molecular weight is 275 g/mol. The third-order valence-corrected chi connectivity index (χ3v) is 5.10. The predicted molar refractivity (Wildman–Crippen MR) is 85.3 cm³/mol. The molecule has 2 unspecified atom stereocenters. The van der Waals surface area contributed by atoms with E-state index in [1.165, 1.54) is 25.7 Å². The fraction of sp³-hybridized carbons (Fsp3) is 0.667. The molecule has 0 saturated heterocycles. The van der Waals surface area contributed by atoms with E-state index in [1.54, 1.807) is 18.2 Å². The molecule has 2 nitrogen and oxygen atoms in total. The molecule has 112 valence electrons. The number of hydrogen-bond donors (Lipinski definition) is 1. The monoisotopic (exact) mass is 275 g/mol. The lowest BCUT2D eigenvalue weighted by Crippen LogP contribution is -2.46. The lowest BCUT2D eigenvalue weighted by atomic mass is 9.62. The molecule has 20 heavy (non-hydrogen) atoms. The minimum Gasteiger partial charge on any atom is -0.383 e. The van der Waals surface area contributed by atoms with E-state index in [4.69, 9.17) is 4.74 Å². The van der Waals surface area contributed by atoms with Crippen LogP contribution in [0, 0.1) is 5.92 Å². The summed E-state index contributed by atoms with van der Waals surface area (Å²) in [6.45, 7) is 7.54. The summed E-state index contributed by atoms with van der Waals surface area (Å²) in [4.78, 5) is 0. The van der Waals surface area contributed by atoms with Gasteiger partial charge in [-0.2, -0.15) is 0 Å². The van der Waals surface area contributed by atoms with E-state index in [0.717, 1.165) is 19.7 Å². The molecule has 0 fully saturated rings. The summed E-state index contributed by atoms with van der Waals surface area (Å²) in [6.07, 6.45) is 5.10. The van der Waals surface area contributed by atoms with E-state index in [2.05, 4.69) is 43.4 Å². The van der Waals surface area contributed by atoms with E-state index in [9.17, 15) is 0 Å². The molecule has 1 N–H and O–H groups in total. The molecule has 0 radical (unpaired) electrons. The van der Waals surface area contributed by atoms with E-state index >= 15 is 0 Å². The van der Waals surface area contributed by atoms with Gasteiger partial charge in [0.25, 0.3) is 0 Å². The standard InChI is InChI=1S/C18H29NO/c1-4-15(2)18(14-19-12-13-20-3)11-7-9-16-8-5-6-10-17(16)18/h5-6,8,10,15,19H,4,7,9,11-14H2,1-3H3. The van der Waals surface area contributed by atoms with E-state index in [1.807, 2.05) is 0 Å². The van der Waals surface area contributed by atoms with Gasteiger partial charge in [0, 0.05) is 25.6 Å². The second-order valence-corrected chi connectivity index (χ2v) is 6.15. The summed E-state index contributed by atoms with van der Waals surface area (Å²) < 4.78 is 5.16. The maximum absolute atomic E-state index is 5.16. The highest BCUT2D eigenvalue weighted by Gasteiger charge is 2.39. The Morgan fingerprint density at radius 2 is 2.15 bits per heavy atom. The van der Waals surface area contributed by atoms with Crippen molar-refractivity contribution in [1.82, 2.24) is 5.32 Å². The summed E-state index contributed by atoms with van der Waals surface area (Å²) in [5.74, 6) is 0.707. The lowest BCUT2D eigenvalue weighted by Gasteiger charge is -2.44. The Balaban J connectivity index is 2.24. The first-order valence-corrected chi connectivity index (χ1v) is 8.02. The van der Waals surface area contributed by atoms with Crippen LogP contribution in [0.5, 0.6) is 0 Å². The number of hydrogen-bond acceptors (Lipinski definition) is 2. The Hall–Kier alpha value is -0.860. The molecule has 0 bridgehead atoms.